The van der Waals surface area contributed by atoms with Crippen LogP contribution in [0, 0.1) is 5.92 Å². The maximum Gasteiger partial charge on any atom is 0.320 e. The van der Waals surface area contributed by atoms with Crippen LogP contribution in [-0.4, -0.2) is 66.3 Å². The van der Waals surface area contributed by atoms with E-state index in [4.69, 9.17) is 9.84 Å². The van der Waals surface area contributed by atoms with Gasteiger partial charge in [-0.1, -0.05) is 0 Å². The monoisotopic (exact) mass is 256 g/mol. The normalized spacial score (nSPS) is 27.8. The minimum Gasteiger partial charge on any atom is -0.481 e. The first kappa shape index (κ1) is 13.1. The Morgan fingerprint density at radius 2 is 1.89 bits per heavy atom. The van der Waals surface area contributed by atoms with Crippen molar-refractivity contribution in [3.8, 4) is 0 Å². The molecule has 2 atom stereocenters. The third kappa shape index (κ3) is 2.93. The number of aliphatic carboxylic acids is 1. The minimum absolute atomic E-state index is 0.0300. The summed E-state index contributed by atoms with van der Waals surface area (Å²) in [6, 6.07) is 0.0300. The molecule has 2 rings (SSSR count). The fourth-order valence-corrected chi connectivity index (χ4v) is 2.71. The molecule has 2 amide bonds. The number of nitrogens with zero attached hydrogens (tertiary/aromatic N) is 2. The van der Waals surface area contributed by atoms with E-state index >= 15 is 0 Å². The molecule has 1 N–H and O–H groups in total. The van der Waals surface area contributed by atoms with Crippen molar-refractivity contribution in [1.29, 1.82) is 0 Å². The maximum atomic E-state index is 12.2. The van der Waals surface area contributed by atoms with Crippen LogP contribution in [0.3, 0.4) is 0 Å². The van der Waals surface area contributed by atoms with Gasteiger partial charge in [-0.15, -0.1) is 0 Å². The SMILES string of the molecule is COC1CCN(C(=O)N2CCC(CC(=O)O)C2)C1. The third-order valence-corrected chi connectivity index (χ3v) is 3.77. The molecule has 6 heteroatoms. The third-order valence-electron chi connectivity index (χ3n) is 3.77. The molecule has 0 aromatic heterocycles. The van der Waals surface area contributed by atoms with Crippen molar-refractivity contribution in [2.75, 3.05) is 33.3 Å². The second kappa shape index (κ2) is 5.56. The van der Waals surface area contributed by atoms with E-state index in [2.05, 4.69) is 0 Å². The van der Waals surface area contributed by atoms with Gasteiger partial charge in [0, 0.05) is 39.7 Å². The Hall–Kier alpha value is -1.30. The van der Waals surface area contributed by atoms with Gasteiger partial charge in [-0.3, -0.25) is 4.79 Å². The smallest absolute Gasteiger partial charge is 0.320 e. The van der Waals surface area contributed by atoms with Gasteiger partial charge >= 0.3 is 12.0 Å². The Labute approximate surface area is 106 Å². The summed E-state index contributed by atoms with van der Waals surface area (Å²) in [6.07, 6.45) is 1.98. The summed E-state index contributed by atoms with van der Waals surface area (Å²) >= 11 is 0. The van der Waals surface area contributed by atoms with Crippen LogP contribution in [0.1, 0.15) is 19.3 Å². The van der Waals surface area contributed by atoms with E-state index in [0.29, 0.717) is 19.6 Å². The molecule has 0 bridgehead atoms. The number of likely N-dealkylation sites (tertiary alicyclic amines) is 2. The van der Waals surface area contributed by atoms with Gasteiger partial charge in [0.15, 0.2) is 0 Å². The molecule has 2 fully saturated rings. The molecule has 6 nitrogen and oxygen atoms in total. The molecule has 2 aliphatic rings. The summed E-state index contributed by atoms with van der Waals surface area (Å²) < 4.78 is 5.24. The van der Waals surface area contributed by atoms with Gasteiger partial charge in [0.1, 0.15) is 0 Å². The number of carboxylic acid groups (broad SMARTS) is 1. The minimum atomic E-state index is -0.782. The highest BCUT2D eigenvalue weighted by atomic mass is 16.5. The van der Waals surface area contributed by atoms with E-state index in [1.165, 1.54) is 0 Å². The fourth-order valence-electron chi connectivity index (χ4n) is 2.71. The predicted molar refractivity (Wildman–Crippen MR) is 64.3 cm³/mol. The van der Waals surface area contributed by atoms with E-state index in [-0.39, 0.29) is 24.5 Å². The number of amides is 2. The Morgan fingerprint density at radius 1 is 1.22 bits per heavy atom. The first-order valence-corrected chi connectivity index (χ1v) is 6.38. The molecule has 102 valence electrons. The van der Waals surface area contributed by atoms with Crippen molar-refractivity contribution in [3.63, 3.8) is 0 Å². The number of carbonyl (C=O) groups is 2. The molecule has 0 spiro atoms. The lowest BCUT2D eigenvalue weighted by molar-refractivity contribution is -0.138. The highest BCUT2D eigenvalue weighted by molar-refractivity contribution is 5.75. The lowest BCUT2D eigenvalue weighted by Crippen LogP contribution is -2.41. The van der Waals surface area contributed by atoms with E-state index in [0.717, 1.165) is 19.4 Å². The quantitative estimate of drug-likeness (QED) is 0.803. The van der Waals surface area contributed by atoms with E-state index in [9.17, 15) is 9.59 Å². The summed E-state index contributed by atoms with van der Waals surface area (Å²) in [5, 5.41) is 8.75. The van der Waals surface area contributed by atoms with Crippen LogP contribution >= 0.6 is 0 Å². The summed E-state index contributed by atoms with van der Waals surface area (Å²) in [7, 11) is 1.66. The van der Waals surface area contributed by atoms with Crippen LogP contribution in [0.4, 0.5) is 4.79 Å². The fraction of sp³-hybridized carbons (Fsp3) is 0.833. The molecule has 0 aromatic rings. The van der Waals surface area contributed by atoms with E-state index < -0.39 is 5.97 Å². The first-order chi connectivity index (χ1) is 8.60. The molecule has 0 saturated carbocycles. The van der Waals surface area contributed by atoms with Crippen LogP contribution in [0.25, 0.3) is 0 Å². The molecule has 2 unspecified atom stereocenters. The second-order valence-corrected chi connectivity index (χ2v) is 5.07. The van der Waals surface area contributed by atoms with Gasteiger partial charge in [-0.2, -0.15) is 0 Å². The number of methoxy groups -OCH3 is 1. The van der Waals surface area contributed by atoms with Crippen molar-refractivity contribution in [2.45, 2.75) is 25.4 Å². The van der Waals surface area contributed by atoms with Crippen LogP contribution in [0.15, 0.2) is 0 Å². The maximum absolute atomic E-state index is 12.2. The molecule has 0 aliphatic carbocycles. The lowest BCUT2D eigenvalue weighted by atomic mass is 10.1. The summed E-state index contributed by atoms with van der Waals surface area (Å²) in [4.78, 5) is 26.4. The summed E-state index contributed by atoms with van der Waals surface area (Å²) in [6.45, 7) is 2.62. The van der Waals surface area contributed by atoms with Crippen molar-refractivity contribution >= 4 is 12.0 Å². The van der Waals surface area contributed by atoms with Gasteiger partial charge in [0.2, 0.25) is 0 Å². The molecule has 2 heterocycles. The Kier molecular flexibility index (Phi) is 4.06. The lowest BCUT2D eigenvalue weighted by Gasteiger charge is -2.24. The van der Waals surface area contributed by atoms with E-state index in [1.54, 1.807) is 16.9 Å². The zero-order valence-corrected chi connectivity index (χ0v) is 10.7. The molecule has 0 radical (unpaired) electrons. The zero-order valence-electron chi connectivity index (χ0n) is 10.7. The van der Waals surface area contributed by atoms with Gasteiger partial charge in [-0.25, -0.2) is 4.79 Å². The van der Waals surface area contributed by atoms with Gasteiger partial charge in [0.25, 0.3) is 0 Å². The number of ether oxygens (including phenoxy) is 1. The highest BCUT2D eigenvalue weighted by Crippen LogP contribution is 2.22. The Morgan fingerprint density at radius 3 is 2.50 bits per heavy atom. The van der Waals surface area contributed by atoms with Crippen LogP contribution in [0.5, 0.6) is 0 Å². The van der Waals surface area contributed by atoms with Gasteiger partial charge in [0.05, 0.1) is 6.10 Å². The van der Waals surface area contributed by atoms with Crippen molar-refractivity contribution in [1.82, 2.24) is 9.80 Å². The molecule has 2 saturated heterocycles. The average Bonchev–Trinajstić information content (AvgIpc) is 2.95. The molecule has 18 heavy (non-hydrogen) atoms. The summed E-state index contributed by atoms with van der Waals surface area (Å²) in [5.41, 5.74) is 0. The molecule has 0 aromatic carbocycles. The van der Waals surface area contributed by atoms with E-state index in [1.807, 2.05) is 0 Å². The molecular formula is C12H20N2O4. The largest absolute Gasteiger partial charge is 0.481 e. The average molecular weight is 256 g/mol. The first-order valence-electron chi connectivity index (χ1n) is 6.38. The van der Waals surface area contributed by atoms with Crippen LogP contribution in [0.2, 0.25) is 0 Å². The van der Waals surface area contributed by atoms with Crippen molar-refractivity contribution < 1.29 is 19.4 Å². The molecular weight excluding hydrogens is 236 g/mol. The number of carboxylic acids is 1. The topological polar surface area (TPSA) is 70.1 Å². The second-order valence-electron chi connectivity index (χ2n) is 5.07. The number of urea groups is 1. The standard InChI is InChI=1S/C12H20N2O4/c1-18-10-3-5-14(8-10)12(17)13-4-2-9(7-13)6-11(15)16/h9-10H,2-8H2,1H3,(H,15,16). The molecule has 2 aliphatic heterocycles. The Balaban J connectivity index is 1.82. The number of rotatable bonds is 3. The number of carbonyl (C=O) groups excluding carboxylic acids is 1. The highest BCUT2D eigenvalue weighted by Gasteiger charge is 2.33. The van der Waals surface area contributed by atoms with Gasteiger partial charge < -0.3 is 19.6 Å². The van der Waals surface area contributed by atoms with Crippen LogP contribution in [-0.2, 0) is 9.53 Å². The number of hydrogen-bond acceptors (Lipinski definition) is 3. The predicted octanol–water partition coefficient (Wildman–Crippen LogP) is 0.624. The Bertz CT molecular complexity index is 334. The zero-order chi connectivity index (χ0) is 13.1. The summed E-state index contributed by atoms with van der Waals surface area (Å²) in [5.74, 6) is -0.679. The van der Waals surface area contributed by atoms with Crippen molar-refractivity contribution in [3.05, 3.63) is 0 Å². The van der Waals surface area contributed by atoms with Gasteiger partial charge in [-0.05, 0) is 18.8 Å². The van der Waals surface area contributed by atoms with Crippen molar-refractivity contribution in [2.24, 2.45) is 5.92 Å². The van der Waals surface area contributed by atoms with Crippen LogP contribution < -0.4 is 0 Å². The number of hydrogen-bond donors (Lipinski definition) is 1.